The number of fused-ring (bicyclic) bond motifs is 1. The Kier molecular flexibility index (Phi) is 6.82. The van der Waals surface area contributed by atoms with Crippen LogP contribution in [0.1, 0.15) is 55.7 Å². The fraction of sp³-hybridized carbons (Fsp3) is 0.632. The summed E-state index contributed by atoms with van der Waals surface area (Å²) in [6.07, 6.45) is 7.26. The van der Waals surface area contributed by atoms with Gasteiger partial charge in [0.1, 0.15) is 0 Å². The van der Waals surface area contributed by atoms with E-state index in [-0.39, 0.29) is 11.9 Å². The van der Waals surface area contributed by atoms with E-state index in [2.05, 4.69) is 5.32 Å². The van der Waals surface area contributed by atoms with Crippen LogP contribution in [-0.4, -0.2) is 31.1 Å². The normalized spacial score (nSPS) is 21.8. The smallest absolute Gasteiger partial charge is 0.220 e. The van der Waals surface area contributed by atoms with Gasteiger partial charge in [-0.15, -0.1) is 0 Å². The summed E-state index contributed by atoms with van der Waals surface area (Å²) < 4.78 is 10.8. The van der Waals surface area contributed by atoms with Gasteiger partial charge >= 0.3 is 0 Å². The van der Waals surface area contributed by atoms with Crippen LogP contribution >= 0.6 is 21.6 Å². The number of hydrogen-bond donors (Lipinski definition) is 1. The maximum atomic E-state index is 12.3. The lowest BCUT2D eigenvalue weighted by molar-refractivity contribution is -0.121. The minimum atomic E-state index is 0.101. The van der Waals surface area contributed by atoms with E-state index >= 15 is 0 Å². The van der Waals surface area contributed by atoms with Crippen LogP contribution in [0.5, 0.6) is 11.5 Å². The number of carbonyl (C=O) groups excluding carboxylic acids is 1. The molecule has 4 nitrogen and oxygen atoms in total. The maximum absolute atomic E-state index is 12.3. The lowest BCUT2D eigenvalue weighted by Crippen LogP contribution is -2.26. The van der Waals surface area contributed by atoms with E-state index in [9.17, 15) is 4.79 Å². The van der Waals surface area contributed by atoms with Gasteiger partial charge < -0.3 is 14.8 Å². The van der Waals surface area contributed by atoms with Crippen LogP contribution in [0.3, 0.4) is 0 Å². The van der Waals surface area contributed by atoms with Crippen LogP contribution in [0.15, 0.2) is 12.1 Å². The highest BCUT2D eigenvalue weighted by Crippen LogP contribution is 2.40. The molecule has 0 aromatic heterocycles. The predicted molar refractivity (Wildman–Crippen MR) is 106 cm³/mol. The maximum Gasteiger partial charge on any atom is 0.220 e. The van der Waals surface area contributed by atoms with Gasteiger partial charge in [-0.05, 0) is 55.4 Å². The van der Waals surface area contributed by atoms with Gasteiger partial charge in [0.05, 0.1) is 20.3 Å². The second-order valence-corrected chi connectivity index (χ2v) is 9.43. The molecule has 1 aromatic carbocycles. The van der Waals surface area contributed by atoms with Crippen LogP contribution < -0.4 is 14.8 Å². The van der Waals surface area contributed by atoms with E-state index in [1.807, 2.05) is 33.7 Å². The van der Waals surface area contributed by atoms with Crippen LogP contribution in [0.25, 0.3) is 0 Å². The van der Waals surface area contributed by atoms with Crippen molar-refractivity contribution in [2.45, 2.75) is 56.2 Å². The fourth-order valence-corrected chi connectivity index (χ4v) is 6.60. The molecule has 1 fully saturated rings. The number of carbonyl (C=O) groups is 1. The van der Waals surface area contributed by atoms with Crippen molar-refractivity contribution in [3.05, 3.63) is 23.3 Å². The third-order valence-electron chi connectivity index (χ3n) is 4.97. The van der Waals surface area contributed by atoms with Crippen molar-refractivity contribution in [2.75, 3.05) is 20.0 Å². The highest BCUT2D eigenvalue weighted by atomic mass is 33.1. The average molecular weight is 382 g/mol. The van der Waals surface area contributed by atoms with E-state index < -0.39 is 0 Å². The first-order valence-corrected chi connectivity index (χ1v) is 11.4. The molecule has 1 heterocycles. The molecule has 25 heavy (non-hydrogen) atoms. The molecule has 2 aliphatic rings. The van der Waals surface area contributed by atoms with Crippen LogP contribution in [0.4, 0.5) is 0 Å². The zero-order chi connectivity index (χ0) is 17.6. The number of methoxy groups -OCH3 is 2. The van der Waals surface area contributed by atoms with Gasteiger partial charge in [0.25, 0.3) is 0 Å². The predicted octanol–water partition coefficient (Wildman–Crippen LogP) is 4.52. The van der Waals surface area contributed by atoms with E-state index in [1.54, 1.807) is 14.2 Å². The molecule has 0 bridgehead atoms. The van der Waals surface area contributed by atoms with Crippen molar-refractivity contribution in [3.8, 4) is 11.5 Å². The summed E-state index contributed by atoms with van der Waals surface area (Å²) in [5.41, 5.74) is 2.42. The van der Waals surface area contributed by atoms with Gasteiger partial charge in [0, 0.05) is 17.4 Å². The van der Waals surface area contributed by atoms with Crippen LogP contribution in [0.2, 0.25) is 0 Å². The third kappa shape index (κ3) is 4.79. The Hall–Kier alpha value is -1.01. The number of hydrogen-bond acceptors (Lipinski definition) is 5. The molecular formula is C19H27NO3S2. The Morgan fingerprint density at radius 3 is 2.72 bits per heavy atom. The molecule has 3 rings (SSSR count). The fourth-order valence-electron chi connectivity index (χ4n) is 3.57. The number of nitrogens with one attached hydrogen (secondary N) is 1. The molecule has 138 valence electrons. The molecule has 0 saturated carbocycles. The molecule has 1 aliphatic heterocycles. The van der Waals surface area contributed by atoms with Gasteiger partial charge in [-0.1, -0.05) is 28.0 Å². The summed E-state index contributed by atoms with van der Waals surface area (Å²) in [7, 11) is 7.31. The van der Waals surface area contributed by atoms with Crippen LogP contribution in [0, 0.1) is 0 Å². The van der Waals surface area contributed by atoms with Crippen molar-refractivity contribution < 1.29 is 14.3 Å². The second-order valence-electron chi connectivity index (χ2n) is 6.64. The first-order chi connectivity index (χ1) is 12.2. The minimum absolute atomic E-state index is 0.101. The van der Waals surface area contributed by atoms with E-state index in [0.29, 0.717) is 6.42 Å². The Morgan fingerprint density at radius 1 is 1.20 bits per heavy atom. The molecule has 0 radical (unpaired) electrons. The van der Waals surface area contributed by atoms with Crippen molar-refractivity contribution >= 4 is 27.5 Å². The molecular weight excluding hydrogens is 354 g/mol. The molecule has 1 aromatic rings. The molecule has 1 aliphatic carbocycles. The molecule has 1 N–H and O–H groups in total. The summed E-state index contributed by atoms with van der Waals surface area (Å²) >= 11 is 0. The summed E-state index contributed by atoms with van der Waals surface area (Å²) in [5.74, 6) is 2.94. The summed E-state index contributed by atoms with van der Waals surface area (Å²) in [6.45, 7) is 0. The monoisotopic (exact) mass is 381 g/mol. The zero-order valence-electron chi connectivity index (χ0n) is 15.0. The zero-order valence-corrected chi connectivity index (χ0v) is 16.6. The van der Waals surface area contributed by atoms with Crippen molar-refractivity contribution in [2.24, 2.45) is 0 Å². The SMILES string of the molecule is COc1cc2c(cc1OC)C(NC(=O)CCCC[C@H]1CCSS1)CC2. The Morgan fingerprint density at radius 2 is 2.00 bits per heavy atom. The van der Waals surface area contributed by atoms with Crippen molar-refractivity contribution in [1.82, 2.24) is 5.32 Å². The number of amides is 1. The molecule has 1 saturated heterocycles. The van der Waals surface area contributed by atoms with Gasteiger partial charge in [0.2, 0.25) is 5.91 Å². The molecule has 6 heteroatoms. The third-order valence-corrected chi connectivity index (χ3v) is 7.97. The topological polar surface area (TPSA) is 47.6 Å². The number of benzene rings is 1. The van der Waals surface area contributed by atoms with Crippen molar-refractivity contribution in [3.63, 3.8) is 0 Å². The summed E-state index contributed by atoms with van der Waals surface area (Å²) in [6, 6.07) is 4.16. The number of unbranched alkanes of at least 4 members (excludes halogenated alkanes) is 1. The molecule has 1 unspecified atom stereocenters. The average Bonchev–Trinajstić information content (AvgIpc) is 3.27. The lowest BCUT2D eigenvalue weighted by atomic mass is 10.1. The van der Waals surface area contributed by atoms with E-state index in [0.717, 1.165) is 42.4 Å². The van der Waals surface area contributed by atoms with Gasteiger partial charge in [0.15, 0.2) is 11.5 Å². The number of ether oxygens (including phenoxy) is 2. The second kappa shape index (κ2) is 9.08. The molecule has 1 amide bonds. The Balaban J connectivity index is 1.48. The number of aryl methyl sites for hydroxylation is 1. The standard InChI is InChI=1S/C19H27NO3S2/c1-22-17-11-13-7-8-16(15(13)12-18(17)23-2)20-19(21)6-4-3-5-14-9-10-24-25-14/h11-12,14,16H,3-10H2,1-2H3,(H,20,21)/t14-,16?/m0/s1. The first kappa shape index (κ1) is 18.8. The van der Waals surface area contributed by atoms with Crippen LogP contribution in [-0.2, 0) is 11.2 Å². The van der Waals surface area contributed by atoms with Gasteiger partial charge in [-0.3, -0.25) is 4.79 Å². The van der Waals surface area contributed by atoms with E-state index in [1.165, 1.54) is 29.7 Å². The van der Waals surface area contributed by atoms with Gasteiger partial charge in [-0.25, -0.2) is 0 Å². The van der Waals surface area contributed by atoms with Gasteiger partial charge in [-0.2, -0.15) is 0 Å². The first-order valence-electron chi connectivity index (χ1n) is 9.03. The quantitative estimate of drug-likeness (QED) is 0.530. The summed E-state index contributed by atoms with van der Waals surface area (Å²) in [4.78, 5) is 12.3. The van der Waals surface area contributed by atoms with Crippen molar-refractivity contribution in [1.29, 1.82) is 0 Å². The lowest BCUT2D eigenvalue weighted by Gasteiger charge is -2.16. The molecule has 2 atom stereocenters. The summed E-state index contributed by atoms with van der Waals surface area (Å²) in [5, 5.41) is 4.01. The highest BCUT2D eigenvalue weighted by molar-refractivity contribution is 8.77. The number of rotatable bonds is 8. The largest absolute Gasteiger partial charge is 0.493 e. The highest BCUT2D eigenvalue weighted by Gasteiger charge is 2.26. The molecule has 0 spiro atoms. The minimum Gasteiger partial charge on any atom is -0.493 e. The van der Waals surface area contributed by atoms with E-state index in [4.69, 9.17) is 9.47 Å². The Bertz CT molecular complexity index is 603. The Labute approximate surface area is 158 Å².